The highest BCUT2D eigenvalue weighted by Crippen LogP contribution is 2.11. The van der Waals surface area contributed by atoms with Crippen LogP contribution in [0.4, 0.5) is 0 Å². The number of rotatable bonds is 7. The predicted octanol–water partition coefficient (Wildman–Crippen LogP) is 1.66. The van der Waals surface area contributed by atoms with Gasteiger partial charge in [0.05, 0.1) is 12.5 Å². The SMILES string of the molecule is CC(C)CC(CNC(=O)c1ccc(CO)cc1)C(=O)O. The van der Waals surface area contributed by atoms with Crippen molar-refractivity contribution in [2.45, 2.75) is 26.9 Å². The van der Waals surface area contributed by atoms with E-state index in [1.54, 1.807) is 24.3 Å². The maximum atomic E-state index is 11.9. The lowest BCUT2D eigenvalue weighted by molar-refractivity contribution is -0.142. The Morgan fingerprint density at radius 3 is 2.25 bits per heavy atom. The second-order valence-corrected chi connectivity index (χ2v) is 5.23. The van der Waals surface area contributed by atoms with E-state index in [2.05, 4.69) is 5.32 Å². The molecule has 1 unspecified atom stereocenters. The Morgan fingerprint density at radius 2 is 1.80 bits per heavy atom. The van der Waals surface area contributed by atoms with Crippen molar-refractivity contribution in [3.63, 3.8) is 0 Å². The van der Waals surface area contributed by atoms with Crippen LogP contribution in [0.3, 0.4) is 0 Å². The molecule has 0 heterocycles. The Kier molecular flexibility index (Phi) is 6.18. The largest absolute Gasteiger partial charge is 0.481 e. The van der Waals surface area contributed by atoms with E-state index in [0.717, 1.165) is 5.56 Å². The fraction of sp³-hybridized carbons (Fsp3) is 0.467. The van der Waals surface area contributed by atoms with E-state index < -0.39 is 11.9 Å². The Hall–Kier alpha value is -1.88. The zero-order chi connectivity index (χ0) is 15.1. The van der Waals surface area contributed by atoms with Gasteiger partial charge < -0.3 is 15.5 Å². The first-order valence-electron chi connectivity index (χ1n) is 6.64. The molecule has 0 aromatic heterocycles. The quantitative estimate of drug-likeness (QED) is 0.708. The van der Waals surface area contributed by atoms with Gasteiger partial charge >= 0.3 is 5.97 Å². The summed E-state index contributed by atoms with van der Waals surface area (Å²) in [5.41, 5.74) is 1.18. The Morgan fingerprint density at radius 1 is 1.20 bits per heavy atom. The van der Waals surface area contributed by atoms with E-state index in [1.807, 2.05) is 13.8 Å². The number of aliphatic carboxylic acids is 1. The summed E-state index contributed by atoms with van der Waals surface area (Å²) in [5, 5.41) is 20.7. The third-order valence-electron chi connectivity index (χ3n) is 3.01. The first kappa shape index (κ1) is 16.2. The molecule has 0 aliphatic heterocycles. The van der Waals surface area contributed by atoms with Gasteiger partial charge in [0.15, 0.2) is 0 Å². The van der Waals surface area contributed by atoms with Crippen LogP contribution in [0.1, 0.15) is 36.2 Å². The summed E-state index contributed by atoms with van der Waals surface area (Å²) in [5.74, 6) is -1.51. The van der Waals surface area contributed by atoms with E-state index in [0.29, 0.717) is 12.0 Å². The topological polar surface area (TPSA) is 86.6 Å². The minimum absolute atomic E-state index is 0.0720. The molecule has 0 saturated carbocycles. The van der Waals surface area contributed by atoms with Gasteiger partial charge in [-0.05, 0) is 30.0 Å². The van der Waals surface area contributed by atoms with Gasteiger partial charge in [-0.3, -0.25) is 9.59 Å². The molecule has 1 atom stereocenters. The zero-order valence-corrected chi connectivity index (χ0v) is 11.8. The lowest BCUT2D eigenvalue weighted by Gasteiger charge is -2.15. The standard InChI is InChI=1S/C15H21NO4/c1-10(2)7-13(15(19)20)8-16-14(18)12-5-3-11(9-17)4-6-12/h3-6,10,13,17H,7-9H2,1-2H3,(H,16,18)(H,19,20). The van der Waals surface area contributed by atoms with Gasteiger partial charge in [0.25, 0.3) is 5.91 Å². The van der Waals surface area contributed by atoms with Crippen molar-refractivity contribution in [1.82, 2.24) is 5.32 Å². The molecule has 3 N–H and O–H groups in total. The van der Waals surface area contributed by atoms with Gasteiger partial charge in [-0.25, -0.2) is 0 Å². The highest BCUT2D eigenvalue weighted by molar-refractivity contribution is 5.94. The summed E-state index contributed by atoms with van der Waals surface area (Å²) in [7, 11) is 0. The van der Waals surface area contributed by atoms with Crippen LogP contribution >= 0.6 is 0 Å². The summed E-state index contributed by atoms with van der Waals surface area (Å²) in [4.78, 5) is 23.0. The van der Waals surface area contributed by atoms with Crippen molar-refractivity contribution in [1.29, 1.82) is 0 Å². The average molecular weight is 279 g/mol. The minimum atomic E-state index is -0.894. The highest BCUT2D eigenvalue weighted by Gasteiger charge is 2.19. The number of carbonyl (C=O) groups is 2. The van der Waals surface area contributed by atoms with Gasteiger partial charge in [-0.1, -0.05) is 26.0 Å². The maximum absolute atomic E-state index is 11.9. The van der Waals surface area contributed by atoms with E-state index >= 15 is 0 Å². The molecular formula is C15H21NO4. The molecule has 0 fully saturated rings. The van der Waals surface area contributed by atoms with E-state index in [9.17, 15) is 9.59 Å². The molecule has 110 valence electrons. The van der Waals surface area contributed by atoms with E-state index in [4.69, 9.17) is 10.2 Å². The lowest BCUT2D eigenvalue weighted by Crippen LogP contribution is -2.33. The minimum Gasteiger partial charge on any atom is -0.481 e. The third kappa shape index (κ3) is 5.01. The maximum Gasteiger partial charge on any atom is 0.308 e. The highest BCUT2D eigenvalue weighted by atomic mass is 16.4. The molecule has 0 aliphatic carbocycles. The van der Waals surface area contributed by atoms with Crippen LogP contribution in [-0.4, -0.2) is 28.6 Å². The fourth-order valence-corrected chi connectivity index (χ4v) is 1.92. The summed E-state index contributed by atoms with van der Waals surface area (Å²) in [6, 6.07) is 6.55. The molecule has 1 rings (SSSR count). The predicted molar refractivity (Wildman–Crippen MR) is 75.3 cm³/mol. The van der Waals surface area contributed by atoms with E-state index in [-0.39, 0.29) is 25.0 Å². The number of aliphatic hydroxyl groups excluding tert-OH is 1. The smallest absolute Gasteiger partial charge is 0.308 e. The molecule has 0 saturated heterocycles. The molecule has 1 aromatic rings. The molecule has 0 radical (unpaired) electrons. The number of amides is 1. The number of nitrogens with one attached hydrogen (secondary N) is 1. The molecule has 0 spiro atoms. The molecule has 0 aliphatic rings. The molecule has 0 bridgehead atoms. The molecule has 5 nitrogen and oxygen atoms in total. The summed E-state index contributed by atoms with van der Waals surface area (Å²) in [6.07, 6.45) is 0.527. The number of carboxylic acid groups (broad SMARTS) is 1. The van der Waals surface area contributed by atoms with Crippen LogP contribution in [0, 0.1) is 11.8 Å². The third-order valence-corrected chi connectivity index (χ3v) is 3.01. The first-order valence-corrected chi connectivity index (χ1v) is 6.64. The molecule has 5 heteroatoms. The lowest BCUT2D eigenvalue weighted by atomic mass is 9.97. The summed E-state index contributed by atoms with van der Waals surface area (Å²) < 4.78 is 0. The van der Waals surface area contributed by atoms with Crippen LogP contribution in [0.15, 0.2) is 24.3 Å². The molecular weight excluding hydrogens is 258 g/mol. The van der Waals surface area contributed by atoms with Crippen LogP contribution in [0.5, 0.6) is 0 Å². The monoisotopic (exact) mass is 279 g/mol. The van der Waals surface area contributed by atoms with Crippen molar-refractivity contribution < 1.29 is 19.8 Å². The summed E-state index contributed by atoms with van der Waals surface area (Å²) in [6.45, 7) is 3.95. The second-order valence-electron chi connectivity index (χ2n) is 5.23. The Labute approximate surface area is 118 Å². The van der Waals surface area contributed by atoms with Crippen LogP contribution in [0.25, 0.3) is 0 Å². The number of carbonyl (C=O) groups excluding carboxylic acids is 1. The van der Waals surface area contributed by atoms with Gasteiger partial charge in [-0.2, -0.15) is 0 Å². The van der Waals surface area contributed by atoms with Gasteiger partial charge in [0.1, 0.15) is 0 Å². The molecule has 1 aromatic carbocycles. The zero-order valence-electron chi connectivity index (χ0n) is 11.8. The fourth-order valence-electron chi connectivity index (χ4n) is 1.92. The summed E-state index contributed by atoms with van der Waals surface area (Å²) >= 11 is 0. The van der Waals surface area contributed by atoms with Crippen molar-refractivity contribution >= 4 is 11.9 Å². The number of carboxylic acids is 1. The van der Waals surface area contributed by atoms with Crippen molar-refractivity contribution in [2.75, 3.05) is 6.54 Å². The Bertz CT molecular complexity index is 453. The van der Waals surface area contributed by atoms with Crippen molar-refractivity contribution in [2.24, 2.45) is 11.8 Å². The first-order chi connectivity index (χ1) is 9.43. The molecule has 1 amide bonds. The van der Waals surface area contributed by atoms with E-state index in [1.165, 1.54) is 0 Å². The number of hydrogen-bond donors (Lipinski definition) is 3. The van der Waals surface area contributed by atoms with Crippen LogP contribution < -0.4 is 5.32 Å². The second kappa shape index (κ2) is 7.65. The normalized spacial score (nSPS) is 12.2. The Balaban J connectivity index is 2.58. The van der Waals surface area contributed by atoms with Gasteiger partial charge in [0, 0.05) is 12.1 Å². The van der Waals surface area contributed by atoms with Gasteiger partial charge in [0.2, 0.25) is 0 Å². The van der Waals surface area contributed by atoms with Crippen LogP contribution in [0.2, 0.25) is 0 Å². The van der Waals surface area contributed by atoms with Crippen molar-refractivity contribution in [3.8, 4) is 0 Å². The van der Waals surface area contributed by atoms with Crippen LogP contribution in [-0.2, 0) is 11.4 Å². The number of hydrogen-bond acceptors (Lipinski definition) is 3. The number of benzene rings is 1. The molecule has 20 heavy (non-hydrogen) atoms. The van der Waals surface area contributed by atoms with Gasteiger partial charge in [-0.15, -0.1) is 0 Å². The van der Waals surface area contributed by atoms with Crippen molar-refractivity contribution in [3.05, 3.63) is 35.4 Å². The number of aliphatic hydroxyl groups is 1. The average Bonchev–Trinajstić information content (AvgIpc) is 2.42.